The SMILES string of the molecule is CCCN(CC(=O)O)C(=O)c1cnc(C)cc1Cl. The molecule has 5 nitrogen and oxygen atoms in total. The van der Waals surface area contributed by atoms with E-state index in [2.05, 4.69) is 4.98 Å². The minimum absolute atomic E-state index is 0.233. The number of carboxylic acids is 1. The second kappa shape index (κ2) is 6.35. The fourth-order valence-corrected chi connectivity index (χ4v) is 1.83. The van der Waals surface area contributed by atoms with E-state index in [1.165, 1.54) is 11.1 Å². The van der Waals surface area contributed by atoms with Crippen molar-refractivity contribution in [2.45, 2.75) is 20.3 Å². The number of carboxylic acid groups (broad SMARTS) is 1. The molecular weight excluding hydrogens is 256 g/mol. The molecule has 1 amide bonds. The maximum Gasteiger partial charge on any atom is 0.323 e. The molecular formula is C12H15ClN2O3. The van der Waals surface area contributed by atoms with Crippen LogP contribution in [0.5, 0.6) is 0 Å². The second-order valence-electron chi connectivity index (χ2n) is 3.93. The third-order valence-corrected chi connectivity index (χ3v) is 2.64. The Morgan fingerprint density at radius 1 is 1.50 bits per heavy atom. The average Bonchev–Trinajstić information content (AvgIpc) is 2.27. The number of carbonyl (C=O) groups is 2. The van der Waals surface area contributed by atoms with E-state index in [4.69, 9.17) is 16.7 Å². The van der Waals surface area contributed by atoms with Crippen LogP contribution in [0.4, 0.5) is 0 Å². The molecule has 0 aliphatic heterocycles. The first kappa shape index (κ1) is 14.4. The van der Waals surface area contributed by atoms with Crippen LogP contribution in [-0.4, -0.2) is 40.0 Å². The minimum Gasteiger partial charge on any atom is -0.480 e. The number of amides is 1. The first-order valence-electron chi connectivity index (χ1n) is 5.59. The van der Waals surface area contributed by atoms with Gasteiger partial charge in [0, 0.05) is 18.4 Å². The number of hydrogen-bond acceptors (Lipinski definition) is 3. The van der Waals surface area contributed by atoms with Gasteiger partial charge >= 0.3 is 5.97 Å². The molecule has 98 valence electrons. The van der Waals surface area contributed by atoms with Crippen LogP contribution < -0.4 is 0 Å². The molecule has 1 N–H and O–H groups in total. The van der Waals surface area contributed by atoms with Crippen molar-refractivity contribution >= 4 is 23.5 Å². The number of halogens is 1. The maximum atomic E-state index is 12.1. The van der Waals surface area contributed by atoms with Crippen molar-refractivity contribution in [2.24, 2.45) is 0 Å². The summed E-state index contributed by atoms with van der Waals surface area (Å²) in [5.41, 5.74) is 0.939. The molecule has 0 aliphatic carbocycles. The normalized spacial score (nSPS) is 10.2. The first-order chi connectivity index (χ1) is 8.45. The zero-order valence-electron chi connectivity index (χ0n) is 10.3. The fraction of sp³-hybridized carbons (Fsp3) is 0.417. The highest BCUT2D eigenvalue weighted by Crippen LogP contribution is 2.17. The van der Waals surface area contributed by atoms with Crippen molar-refractivity contribution in [3.05, 3.63) is 28.5 Å². The first-order valence-corrected chi connectivity index (χ1v) is 5.96. The molecule has 0 aliphatic rings. The van der Waals surface area contributed by atoms with Gasteiger partial charge in [-0.15, -0.1) is 0 Å². The van der Waals surface area contributed by atoms with Crippen molar-refractivity contribution < 1.29 is 14.7 Å². The Kier molecular flexibility index (Phi) is 5.09. The Labute approximate surface area is 110 Å². The van der Waals surface area contributed by atoms with Crippen molar-refractivity contribution in [1.29, 1.82) is 0 Å². The van der Waals surface area contributed by atoms with Crippen molar-refractivity contribution in [1.82, 2.24) is 9.88 Å². The number of aromatic nitrogens is 1. The molecule has 18 heavy (non-hydrogen) atoms. The molecule has 0 aromatic carbocycles. The van der Waals surface area contributed by atoms with Crippen LogP contribution in [0.25, 0.3) is 0 Å². The Hall–Kier alpha value is -1.62. The summed E-state index contributed by atoms with van der Waals surface area (Å²) in [6.45, 7) is 3.67. The number of aliphatic carboxylic acids is 1. The Bertz CT molecular complexity index is 463. The molecule has 0 radical (unpaired) electrons. The summed E-state index contributed by atoms with van der Waals surface area (Å²) in [7, 11) is 0. The van der Waals surface area contributed by atoms with Gasteiger partial charge < -0.3 is 10.0 Å². The van der Waals surface area contributed by atoms with Crippen molar-refractivity contribution in [3.8, 4) is 0 Å². The highest BCUT2D eigenvalue weighted by molar-refractivity contribution is 6.33. The van der Waals surface area contributed by atoms with Gasteiger partial charge in [0.25, 0.3) is 5.91 Å². The molecule has 1 aromatic heterocycles. The van der Waals surface area contributed by atoms with E-state index in [-0.39, 0.29) is 12.1 Å². The van der Waals surface area contributed by atoms with Gasteiger partial charge in [0.2, 0.25) is 0 Å². The smallest absolute Gasteiger partial charge is 0.323 e. The maximum absolute atomic E-state index is 12.1. The number of carbonyl (C=O) groups excluding carboxylic acids is 1. The van der Waals surface area contributed by atoms with Gasteiger partial charge in [0.1, 0.15) is 6.54 Å². The third-order valence-electron chi connectivity index (χ3n) is 2.33. The summed E-state index contributed by atoms with van der Waals surface area (Å²) in [5.74, 6) is -1.45. The zero-order chi connectivity index (χ0) is 13.7. The predicted molar refractivity (Wildman–Crippen MR) is 67.8 cm³/mol. The van der Waals surface area contributed by atoms with Gasteiger partial charge in [-0.05, 0) is 19.4 Å². The van der Waals surface area contributed by atoms with Crippen LogP contribution in [0.15, 0.2) is 12.3 Å². The Morgan fingerprint density at radius 2 is 2.17 bits per heavy atom. The lowest BCUT2D eigenvalue weighted by Gasteiger charge is -2.20. The van der Waals surface area contributed by atoms with Crippen LogP contribution in [0.2, 0.25) is 5.02 Å². The molecule has 0 saturated heterocycles. The van der Waals surface area contributed by atoms with Gasteiger partial charge in [0.05, 0.1) is 10.6 Å². The number of nitrogens with zero attached hydrogens (tertiary/aromatic N) is 2. The zero-order valence-corrected chi connectivity index (χ0v) is 11.1. The predicted octanol–water partition coefficient (Wildman–Crippen LogP) is 1.98. The number of aryl methyl sites for hydroxylation is 1. The van der Waals surface area contributed by atoms with E-state index >= 15 is 0 Å². The molecule has 0 atom stereocenters. The van der Waals surface area contributed by atoms with E-state index in [9.17, 15) is 9.59 Å². The Morgan fingerprint density at radius 3 is 2.67 bits per heavy atom. The minimum atomic E-state index is -1.05. The van der Waals surface area contributed by atoms with Gasteiger partial charge in [0.15, 0.2) is 0 Å². The summed E-state index contributed by atoms with van der Waals surface area (Å²) >= 11 is 5.97. The third kappa shape index (κ3) is 3.70. The largest absolute Gasteiger partial charge is 0.480 e. The lowest BCUT2D eigenvalue weighted by atomic mass is 10.2. The molecule has 1 heterocycles. The summed E-state index contributed by atoms with van der Waals surface area (Å²) in [6, 6.07) is 1.58. The van der Waals surface area contributed by atoms with Crippen LogP contribution in [0.1, 0.15) is 29.4 Å². The lowest BCUT2D eigenvalue weighted by Crippen LogP contribution is -2.36. The standard InChI is InChI=1S/C12H15ClN2O3/c1-3-4-15(7-11(16)17)12(18)9-6-14-8(2)5-10(9)13/h5-6H,3-4,7H2,1-2H3,(H,16,17). The molecule has 0 unspecified atom stereocenters. The monoisotopic (exact) mass is 270 g/mol. The molecule has 0 saturated carbocycles. The van der Waals surface area contributed by atoms with E-state index in [0.29, 0.717) is 23.7 Å². The van der Waals surface area contributed by atoms with Gasteiger partial charge in [-0.3, -0.25) is 14.6 Å². The highest BCUT2D eigenvalue weighted by atomic mass is 35.5. The molecule has 0 fully saturated rings. The summed E-state index contributed by atoms with van der Waals surface area (Å²) < 4.78 is 0. The van der Waals surface area contributed by atoms with Gasteiger partial charge in [-0.2, -0.15) is 0 Å². The summed E-state index contributed by atoms with van der Waals surface area (Å²) in [6.07, 6.45) is 2.06. The lowest BCUT2D eigenvalue weighted by molar-refractivity contribution is -0.137. The van der Waals surface area contributed by atoms with E-state index in [1.807, 2.05) is 6.92 Å². The van der Waals surface area contributed by atoms with Gasteiger partial charge in [-0.1, -0.05) is 18.5 Å². The van der Waals surface area contributed by atoms with Crippen molar-refractivity contribution in [3.63, 3.8) is 0 Å². The van der Waals surface area contributed by atoms with E-state index < -0.39 is 11.9 Å². The van der Waals surface area contributed by atoms with Crippen LogP contribution >= 0.6 is 11.6 Å². The number of rotatable bonds is 5. The fourth-order valence-electron chi connectivity index (χ4n) is 1.54. The highest BCUT2D eigenvalue weighted by Gasteiger charge is 2.20. The second-order valence-corrected chi connectivity index (χ2v) is 4.33. The molecule has 0 spiro atoms. The average molecular weight is 271 g/mol. The topological polar surface area (TPSA) is 70.5 Å². The van der Waals surface area contributed by atoms with E-state index in [0.717, 1.165) is 0 Å². The van der Waals surface area contributed by atoms with E-state index in [1.54, 1.807) is 13.0 Å². The molecule has 1 aromatic rings. The van der Waals surface area contributed by atoms with Crippen LogP contribution in [0, 0.1) is 6.92 Å². The molecule has 0 bridgehead atoms. The number of pyridine rings is 1. The Balaban J connectivity index is 2.97. The van der Waals surface area contributed by atoms with Gasteiger partial charge in [-0.25, -0.2) is 0 Å². The molecule has 1 rings (SSSR count). The van der Waals surface area contributed by atoms with Crippen LogP contribution in [0.3, 0.4) is 0 Å². The van der Waals surface area contributed by atoms with Crippen LogP contribution in [-0.2, 0) is 4.79 Å². The summed E-state index contributed by atoms with van der Waals surface area (Å²) in [4.78, 5) is 28.1. The molecule has 6 heteroatoms. The summed E-state index contributed by atoms with van der Waals surface area (Å²) in [5, 5.41) is 9.07. The van der Waals surface area contributed by atoms with Crippen molar-refractivity contribution in [2.75, 3.05) is 13.1 Å². The number of hydrogen-bond donors (Lipinski definition) is 1. The quantitative estimate of drug-likeness (QED) is 0.888.